The molecule has 0 spiro atoms. The molecule has 19 heavy (non-hydrogen) atoms. The maximum absolute atomic E-state index is 6.84. The molecule has 2 atom stereocenters. The van der Waals surface area contributed by atoms with Crippen LogP contribution in [0.15, 0.2) is 24.3 Å². The summed E-state index contributed by atoms with van der Waals surface area (Å²) in [6.07, 6.45) is 7.69. The summed E-state index contributed by atoms with van der Waals surface area (Å²) in [6.45, 7) is 6.83. The highest BCUT2D eigenvalue weighted by Crippen LogP contribution is 2.53. The van der Waals surface area contributed by atoms with Crippen molar-refractivity contribution in [3.8, 4) is 0 Å². The van der Waals surface area contributed by atoms with Crippen molar-refractivity contribution in [2.75, 3.05) is 0 Å². The van der Waals surface area contributed by atoms with Crippen molar-refractivity contribution in [3.63, 3.8) is 0 Å². The second-order valence-corrected chi connectivity index (χ2v) is 6.70. The first-order valence-corrected chi connectivity index (χ1v) is 8.30. The minimum atomic E-state index is 0.186. The van der Waals surface area contributed by atoms with E-state index in [2.05, 4.69) is 45.0 Å². The predicted molar refractivity (Wildman–Crippen MR) is 84.9 cm³/mol. The van der Waals surface area contributed by atoms with E-state index >= 15 is 0 Å². The molecule has 0 amide bonds. The van der Waals surface area contributed by atoms with Gasteiger partial charge in [-0.3, -0.25) is 0 Å². The Labute approximate surface area is 123 Å². The summed E-state index contributed by atoms with van der Waals surface area (Å²) in [6, 6.07) is 9.07. The standard InChI is InChI=1S/C18H27Cl/c1-4-14(3)15-8-10-16(11-9-15)17(19)18(5-2)12-6-7-13-18/h8-11,14,17H,4-7,12-13H2,1-3H3. The van der Waals surface area contributed by atoms with Crippen LogP contribution in [0.3, 0.4) is 0 Å². The molecule has 1 aliphatic carbocycles. The van der Waals surface area contributed by atoms with E-state index in [4.69, 9.17) is 11.6 Å². The number of rotatable bonds is 5. The van der Waals surface area contributed by atoms with Crippen molar-refractivity contribution < 1.29 is 0 Å². The van der Waals surface area contributed by atoms with Gasteiger partial charge in [-0.25, -0.2) is 0 Å². The molecule has 0 N–H and O–H groups in total. The third-order valence-electron chi connectivity index (χ3n) is 5.25. The van der Waals surface area contributed by atoms with Crippen LogP contribution in [-0.2, 0) is 0 Å². The van der Waals surface area contributed by atoms with Crippen LogP contribution in [0.1, 0.15) is 81.7 Å². The molecule has 1 aromatic carbocycles. The van der Waals surface area contributed by atoms with Gasteiger partial charge >= 0.3 is 0 Å². The first-order chi connectivity index (χ1) is 9.13. The Morgan fingerprint density at radius 3 is 2.05 bits per heavy atom. The van der Waals surface area contributed by atoms with Crippen molar-refractivity contribution in [1.29, 1.82) is 0 Å². The summed E-state index contributed by atoms with van der Waals surface area (Å²) >= 11 is 6.84. The second kappa shape index (κ2) is 6.31. The van der Waals surface area contributed by atoms with Gasteiger partial charge in [0.1, 0.15) is 0 Å². The molecule has 0 saturated heterocycles. The molecule has 1 saturated carbocycles. The Kier molecular flexibility index (Phi) is 4.95. The first kappa shape index (κ1) is 14.9. The zero-order valence-electron chi connectivity index (χ0n) is 12.6. The fourth-order valence-electron chi connectivity index (χ4n) is 3.45. The Balaban J connectivity index is 2.17. The molecule has 1 heteroatoms. The van der Waals surface area contributed by atoms with Crippen LogP contribution in [0.2, 0.25) is 0 Å². The first-order valence-electron chi connectivity index (χ1n) is 7.87. The average Bonchev–Trinajstić information content (AvgIpc) is 2.96. The molecule has 1 aromatic rings. The molecule has 0 aromatic heterocycles. The Morgan fingerprint density at radius 1 is 1.05 bits per heavy atom. The van der Waals surface area contributed by atoms with Gasteiger partial charge in [0.2, 0.25) is 0 Å². The summed E-state index contributed by atoms with van der Waals surface area (Å²) in [4.78, 5) is 0. The van der Waals surface area contributed by atoms with Crippen molar-refractivity contribution in [1.82, 2.24) is 0 Å². The summed E-state index contributed by atoms with van der Waals surface area (Å²) in [5, 5.41) is 0.186. The van der Waals surface area contributed by atoms with Gasteiger partial charge in [0, 0.05) is 0 Å². The molecular formula is C18H27Cl. The average molecular weight is 279 g/mol. The minimum absolute atomic E-state index is 0.186. The summed E-state index contributed by atoms with van der Waals surface area (Å²) in [5.41, 5.74) is 3.10. The molecule has 2 unspecified atom stereocenters. The second-order valence-electron chi connectivity index (χ2n) is 6.26. The predicted octanol–water partition coefficient (Wildman–Crippen LogP) is 6.45. The largest absolute Gasteiger partial charge is 0.117 e. The fourth-order valence-corrected chi connectivity index (χ4v) is 3.97. The van der Waals surface area contributed by atoms with Gasteiger partial charge in [0.25, 0.3) is 0 Å². The number of alkyl halides is 1. The topological polar surface area (TPSA) is 0 Å². The lowest BCUT2D eigenvalue weighted by atomic mass is 9.77. The summed E-state index contributed by atoms with van der Waals surface area (Å²) in [7, 11) is 0. The molecule has 0 bridgehead atoms. The lowest BCUT2D eigenvalue weighted by Crippen LogP contribution is -2.21. The van der Waals surface area contributed by atoms with Gasteiger partial charge in [-0.2, -0.15) is 0 Å². The van der Waals surface area contributed by atoms with E-state index in [0.717, 1.165) is 0 Å². The zero-order chi connectivity index (χ0) is 13.9. The minimum Gasteiger partial charge on any atom is -0.117 e. The summed E-state index contributed by atoms with van der Waals surface area (Å²) < 4.78 is 0. The van der Waals surface area contributed by atoms with Gasteiger partial charge in [0.05, 0.1) is 5.38 Å². The van der Waals surface area contributed by atoms with Crippen LogP contribution < -0.4 is 0 Å². The molecule has 0 aliphatic heterocycles. The fraction of sp³-hybridized carbons (Fsp3) is 0.667. The Bertz CT molecular complexity index is 387. The van der Waals surface area contributed by atoms with Gasteiger partial charge in [-0.05, 0) is 48.1 Å². The van der Waals surface area contributed by atoms with Crippen molar-refractivity contribution in [2.45, 2.75) is 70.6 Å². The van der Waals surface area contributed by atoms with Gasteiger partial charge in [-0.1, -0.05) is 57.9 Å². The third kappa shape index (κ3) is 2.99. The smallest absolute Gasteiger partial charge is 0.0641 e. The van der Waals surface area contributed by atoms with E-state index in [1.165, 1.54) is 49.7 Å². The van der Waals surface area contributed by atoms with Gasteiger partial charge in [0.15, 0.2) is 0 Å². The zero-order valence-corrected chi connectivity index (χ0v) is 13.3. The van der Waals surface area contributed by atoms with Crippen LogP contribution >= 0.6 is 11.6 Å². The van der Waals surface area contributed by atoms with E-state index in [-0.39, 0.29) is 5.38 Å². The van der Waals surface area contributed by atoms with Gasteiger partial charge in [-0.15, -0.1) is 11.6 Å². The van der Waals surface area contributed by atoms with E-state index in [0.29, 0.717) is 11.3 Å². The van der Waals surface area contributed by atoms with Gasteiger partial charge < -0.3 is 0 Å². The molecule has 0 nitrogen and oxygen atoms in total. The highest BCUT2D eigenvalue weighted by Gasteiger charge is 2.39. The van der Waals surface area contributed by atoms with E-state index in [9.17, 15) is 0 Å². The Hall–Kier alpha value is -0.490. The number of hydrogen-bond acceptors (Lipinski definition) is 0. The van der Waals surface area contributed by atoms with Crippen molar-refractivity contribution in [2.24, 2.45) is 5.41 Å². The SMILES string of the molecule is CCC(C)c1ccc(C(Cl)C2(CC)CCCC2)cc1. The quantitative estimate of drug-likeness (QED) is 0.543. The van der Waals surface area contributed by atoms with E-state index < -0.39 is 0 Å². The van der Waals surface area contributed by atoms with Crippen molar-refractivity contribution >= 4 is 11.6 Å². The normalized spacial score (nSPS) is 21.3. The highest BCUT2D eigenvalue weighted by atomic mass is 35.5. The number of hydrogen-bond donors (Lipinski definition) is 0. The molecule has 2 rings (SSSR count). The maximum atomic E-state index is 6.84. The van der Waals surface area contributed by atoms with Crippen LogP contribution in [0.5, 0.6) is 0 Å². The summed E-state index contributed by atoms with van der Waals surface area (Å²) in [5.74, 6) is 0.648. The molecule has 0 heterocycles. The van der Waals surface area contributed by atoms with Crippen LogP contribution in [0.4, 0.5) is 0 Å². The molecule has 1 fully saturated rings. The van der Waals surface area contributed by atoms with Crippen LogP contribution in [0, 0.1) is 5.41 Å². The van der Waals surface area contributed by atoms with E-state index in [1.807, 2.05) is 0 Å². The number of halogens is 1. The Morgan fingerprint density at radius 2 is 1.58 bits per heavy atom. The highest BCUT2D eigenvalue weighted by molar-refractivity contribution is 6.21. The molecular weight excluding hydrogens is 252 g/mol. The maximum Gasteiger partial charge on any atom is 0.0641 e. The number of benzene rings is 1. The third-order valence-corrected chi connectivity index (χ3v) is 5.97. The van der Waals surface area contributed by atoms with Crippen molar-refractivity contribution in [3.05, 3.63) is 35.4 Å². The van der Waals surface area contributed by atoms with Crippen LogP contribution in [0.25, 0.3) is 0 Å². The van der Waals surface area contributed by atoms with Crippen LogP contribution in [-0.4, -0.2) is 0 Å². The van der Waals surface area contributed by atoms with E-state index in [1.54, 1.807) is 0 Å². The monoisotopic (exact) mass is 278 g/mol. The molecule has 0 radical (unpaired) electrons. The molecule has 1 aliphatic rings. The molecule has 106 valence electrons. The lowest BCUT2D eigenvalue weighted by molar-refractivity contribution is 0.271. The lowest BCUT2D eigenvalue weighted by Gasteiger charge is -2.33.